The molecular formula is C14H20O3. The molecule has 94 valence electrons. The van der Waals surface area contributed by atoms with Crippen molar-refractivity contribution >= 4 is 0 Å². The van der Waals surface area contributed by atoms with Gasteiger partial charge in [-0.2, -0.15) is 0 Å². The van der Waals surface area contributed by atoms with Crippen molar-refractivity contribution in [3.8, 4) is 5.75 Å². The van der Waals surface area contributed by atoms with Crippen molar-refractivity contribution in [1.29, 1.82) is 0 Å². The highest BCUT2D eigenvalue weighted by Gasteiger charge is 2.19. The molecule has 0 saturated heterocycles. The zero-order valence-electron chi connectivity index (χ0n) is 10.4. The number of hydrogen-bond acceptors (Lipinski definition) is 3. The Morgan fingerprint density at radius 1 is 1.35 bits per heavy atom. The van der Waals surface area contributed by atoms with Gasteiger partial charge >= 0.3 is 0 Å². The van der Waals surface area contributed by atoms with E-state index in [1.165, 1.54) is 5.56 Å². The van der Waals surface area contributed by atoms with Crippen LogP contribution in [-0.2, 0) is 6.42 Å². The van der Waals surface area contributed by atoms with Crippen LogP contribution in [0.4, 0.5) is 0 Å². The van der Waals surface area contributed by atoms with E-state index in [0.717, 1.165) is 30.6 Å². The van der Waals surface area contributed by atoms with Gasteiger partial charge in [0.2, 0.25) is 0 Å². The third-order valence-electron chi connectivity index (χ3n) is 3.40. The average Bonchev–Trinajstić information content (AvgIpc) is 2.30. The first kappa shape index (κ1) is 12.4. The van der Waals surface area contributed by atoms with Crippen LogP contribution >= 0.6 is 0 Å². The highest BCUT2D eigenvalue weighted by Crippen LogP contribution is 2.32. The lowest BCUT2D eigenvalue weighted by molar-refractivity contribution is 0.0601. The third kappa shape index (κ3) is 2.79. The monoisotopic (exact) mass is 236 g/mol. The second kappa shape index (κ2) is 5.07. The van der Waals surface area contributed by atoms with E-state index in [2.05, 4.69) is 0 Å². The third-order valence-corrected chi connectivity index (χ3v) is 3.40. The molecule has 0 saturated carbocycles. The van der Waals surface area contributed by atoms with Crippen LogP contribution in [0.2, 0.25) is 0 Å². The van der Waals surface area contributed by atoms with Crippen molar-refractivity contribution in [2.45, 2.75) is 51.4 Å². The smallest absolute Gasteiger partial charge is 0.121 e. The second-order valence-corrected chi connectivity index (χ2v) is 4.83. The van der Waals surface area contributed by atoms with Crippen molar-refractivity contribution < 1.29 is 14.9 Å². The fraction of sp³-hybridized carbons (Fsp3) is 0.571. The highest BCUT2D eigenvalue weighted by molar-refractivity contribution is 5.38. The topological polar surface area (TPSA) is 49.7 Å². The molecule has 0 fully saturated rings. The predicted octanol–water partition coefficient (Wildman–Crippen LogP) is 2.20. The maximum absolute atomic E-state index is 9.92. The summed E-state index contributed by atoms with van der Waals surface area (Å²) in [7, 11) is 0. The molecule has 0 bridgehead atoms. The lowest BCUT2D eigenvalue weighted by atomic mass is 9.89. The van der Waals surface area contributed by atoms with Crippen molar-refractivity contribution in [2.75, 3.05) is 0 Å². The van der Waals surface area contributed by atoms with Gasteiger partial charge in [-0.1, -0.05) is 6.07 Å². The van der Waals surface area contributed by atoms with Gasteiger partial charge in [-0.25, -0.2) is 0 Å². The van der Waals surface area contributed by atoms with E-state index in [9.17, 15) is 10.2 Å². The maximum Gasteiger partial charge on any atom is 0.121 e. The van der Waals surface area contributed by atoms with Gasteiger partial charge in [-0.15, -0.1) is 0 Å². The zero-order valence-corrected chi connectivity index (χ0v) is 10.4. The predicted molar refractivity (Wildman–Crippen MR) is 66.1 cm³/mol. The van der Waals surface area contributed by atoms with E-state index >= 15 is 0 Å². The van der Waals surface area contributed by atoms with Crippen LogP contribution in [0.25, 0.3) is 0 Å². The Morgan fingerprint density at radius 3 is 2.82 bits per heavy atom. The summed E-state index contributed by atoms with van der Waals surface area (Å²) in [5, 5.41) is 19.3. The molecule has 3 heteroatoms. The van der Waals surface area contributed by atoms with Crippen LogP contribution in [0, 0.1) is 0 Å². The molecule has 1 aromatic rings. The lowest BCUT2D eigenvalue weighted by Gasteiger charge is -2.23. The molecule has 1 aliphatic carbocycles. The molecule has 0 spiro atoms. The number of hydrogen-bond donors (Lipinski definition) is 2. The van der Waals surface area contributed by atoms with E-state index in [-0.39, 0.29) is 12.2 Å². The number of aliphatic hydroxyl groups excluding tert-OH is 2. The Labute approximate surface area is 102 Å². The van der Waals surface area contributed by atoms with Gasteiger partial charge in [0, 0.05) is 0 Å². The summed E-state index contributed by atoms with van der Waals surface area (Å²) in [6.07, 6.45) is 1.77. The molecule has 17 heavy (non-hydrogen) atoms. The number of aliphatic hydroxyl groups is 2. The molecule has 0 heterocycles. The van der Waals surface area contributed by atoms with E-state index in [1.807, 2.05) is 25.1 Å². The first-order valence-electron chi connectivity index (χ1n) is 6.23. The highest BCUT2D eigenvalue weighted by atomic mass is 16.5. The summed E-state index contributed by atoms with van der Waals surface area (Å²) in [4.78, 5) is 0. The van der Waals surface area contributed by atoms with E-state index in [4.69, 9.17) is 4.74 Å². The molecule has 3 unspecified atom stereocenters. The van der Waals surface area contributed by atoms with Gasteiger partial charge in [0.25, 0.3) is 0 Å². The summed E-state index contributed by atoms with van der Waals surface area (Å²) in [5.74, 6) is 0.720. The van der Waals surface area contributed by atoms with Crippen LogP contribution in [0.5, 0.6) is 5.75 Å². The molecule has 3 nitrogen and oxygen atoms in total. The lowest BCUT2D eigenvalue weighted by Crippen LogP contribution is -2.25. The largest absolute Gasteiger partial charge is 0.488 e. The van der Waals surface area contributed by atoms with Crippen LogP contribution in [0.15, 0.2) is 18.2 Å². The minimum absolute atomic E-state index is 0.242. The normalized spacial score (nSPS) is 22.7. The summed E-state index contributed by atoms with van der Waals surface area (Å²) < 4.78 is 5.63. The van der Waals surface area contributed by atoms with Gasteiger partial charge < -0.3 is 14.9 Å². The SMILES string of the molecule is CC(O)C(C)Oc1ccc2c(c1)C(O)CCC2. The number of aryl methyl sites for hydroxylation is 1. The molecule has 2 N–H and O–H groups in total. The summed E-state index contributed by atoms with van der Waals surface area (Å²) in [5.41, 5.74) is 2.19. The number of ether oxygens (including phenoxy) is 1. The molecule has 1 aliphatic rings. The van der Waals surface area contributed by atoms with Gasteiger partial charge in [0.15, 0.2) is 0 Å². The molecule has 0 amide bonds. The number of benzene rings is 1. The first-order chi connectivity index (χ1) is 8.08. The van der Waals surface area contributed by atoms with E-state index in [1.54, 1.807) is 6.92 Å². The van der Waals surface area contributed by atoms with Crippen molar-refractivity contribution in [3.05, 3.63) is 29.3 Å². The van der Waals surface area contributed by atoms with Crippen LogP contribution in [-0.4, -0.2) is 22.4 Å². The minimum atomic E-state index is -0.504. The van der Waals surface area contributed by atoms with Crippen LogP contribution < -0.4 is 4.74 Å². The molecule has 0 aromatic heterocycles. The van der Waals surface area contributed by atoms with E-state index < -0.39 is 6.10 Å². The Balaban J connectivity index is 2.18. The Hall–Kier alpha value is -1.06. The maximum atomic E-state index is 9.92. The molecule has 3 atom stereocenters. The standard InChI is InChI=1S/C14H20O3/c1-9(15)10(2)17-12-7-6-11-4-3-5-14(16)13(11)8-12/h6-10,14-16H,3-5H2,1-2H3. The van der Waals surface area contributed by atoms with Crippen molar-refractivity contribution in [3.63, 3.8) is 0 Å². The Morgan fingerprint density at radius 2 is 2.12 bits per heavy atom. The van der Waals surface area contributed by atoms with Gasteiger partial charge in [-0.3, -0.25) is 0 Å². The fourth-order valence-corrected chi connectivity index (χ4v) is 2.14. The molecular weight excluding hydrogens is 216 g/mol. The molecule has 0 aliphatic heterocycles. The number of rotatable bonds is 3. The Bertz CT molecular complexity index is 387. The van der Waals surface area contributed by atoms with Crippen molar-refractivity contribution in [2.24, 2.45) is 0 Å². The fourth-order valence-electron chi connectivity index (χ4n) is 2.14. The second-order valence-electron chi connectivity index (χ2n) is 4.83. The minimum Gasteiger partial charge on any atom is -0.488 e. The molecule has 2 rings (SSSR count). The van der Waals surface area contributed by atoms with Gasteiger partial charge in [-0.05, 0) is 56.4 Å². The summed E-state index contributed by atoms with van der Waals surface area (Å²) in [6, 6.07) is 5.83. The first-order valence-corrected chi connectivity index (χ1v) is 6.23. The average molecular weight is 236 g/mol. The molecule has 1 aromatic carbocycles. The van der Waals surface area contributed by atoms with Crippen LogP contribution in [0.1, 0.15) is 43.9 Å². The summed E-state index contributed by atoms with van der Waals surface area (Å²) in [6.45, 7) is 3.54. The van der Waals surface area contributed by atoms with Crippen LogP contribution in [0.3, 0.4) is 0 Å². The van der Waals surface area contributed by atoms with Gasteiger partial charge in [0.1, 0.15) is 11.9 Å². The van der Waals surface area contributed by atoms with E-state index in [0.29, 0.717) is 0 Å². The summed E-state index contributed by atoms with van der Waals surface area (Å²) >= 11 is 0. The quantitative estimate of drug-likeness (QED) is 0.846. The van der Waals surface area contributed by atoms with Crippen molar-refractivity contribution in [1.82, 2.24) is 0 Å². The van der Waals surface area contributed by atoms with Gasteiger partial charge in [0.05, 0.1) is 12.2 Å². The number of fused-ring (bicyclic) bond motifs is 1. The molecule has 0 radical (unpaired) electrons. The Kier molecular flexibility index (Phi) is 3.69. The zero-order chi connectivity index (χ0) is 12.4.